The molecule has 0 aliphatic carbocycles. The number of nitrogens with zero attached hydrogens (tertiary/aromatic N) is 1. The van der Waals surface area contributed by atoms with Crippen LogP contribution in [0.15, 0.2) is 0 Å². The molecule has 2 amide bonds. The van der Waals surface area contributed by atoms with Crippen molar-refractivity contribution in [3.05, 3.63) is 0 Å². The number of aliphatic hydroxyl groups excluding tert-OH is 2. The van der Waals surface area contributed by atoms with Crippen LogP contribution in [-0.4, -0.2) is 91.1 Å². The van der Waals surface area contributed by atoms with E-state index in [0.717, 1.165) is 0 Å². The van der Waals surface area contributed by atoms with Gasteiger partial charge in [-0.1, -0.05) is 0 Å². The highest BCUT2D eigenvalue weighted by Crippen LogP contribution is 2.38. The zero-order valence-electron chi connectivity index (χ0n) is 16.0. The van der Waals surface area contributed by atoms with Crippen molar-refractivity contribution in [2.45, 2.75) is 37.5 Å². The smallest absolute Gasteiger partial charge is 0.325 e. The fourth-order valence-corrected chi connectivity index (χ4v) is 3.18. The van der Waals surface area contributed by atoms with E-state index in [2.05, 4.69) is 19.1 Å². The number of carbonyl (C=O) groups excluding carboxylic acids is 3. The molecule has 0 aromatic carbocycles. The topological polar surface area (TPSA) is 201 Å². The summed E-state index contributed by atoms with van der Waals surface area (Å²) in [6.45, 7) is -2.08. The molecule has 0 bridgehead atoms. The molecule has 29 heavy (non-hydrogen) atoms. The van der Waals surface area contributed by atoms with E-state index in [1.54, 1.807) is 0 Å². The lowest BCUT2D eigenvalue weighted by Gasteiger charge is -2.26. The van der Waals surface area contributed by atoms with E-state index in [9.17, 15) is 23.8 Å². The lowest BCUT2D eigenvalue weighted by atomic mass is 10.1. The van der Waals surface area contributed by atoms with Gasteiger partial charge in [0, 0.05) is 6.54 Å². The maximum atomic E-state index is 12.5. The highest BCUT2D eigenvalue weighted by Gasteiger charge is 2.31. The first-order chi connectivity index (χ1) is 13.6. The fourth-order valence-electron chi connectivity index (χ4n) is 2.41. The first-order valence-corrected chi connectivity index (χ1v) is 10.4. The number of nitrogens with one attached hydrogen (secondary N) is 1. The molecule has 0 aromatic rings. The number of phosphoric ester groups is 1. The molecule has 0 aromatic heterocycles. The van der Waals surface area contributed by atoms with Crippen LogP contribution in [0, 0.1) is 0 Å². The molecule has 1 aliphatic rings. The van der Waals surface area contributed by atoms with Gasteiger partial charge in [0.15, 0.2) is 0 Å². The average Bonchev–Trinajstić information content (AvgIpc) is 2.86. The Morgan fingerprint density at radius 2 is 2.03 bits per heavy atom. The number of hydrogen-bond donors (Lipinski definition) is 4. The standard InChI is InChI=1S/C15H28N3O10P/c1-26-13(21)6-18-5-3-2-4-12(15(18)23)17-14(22)11(16)9-28-29(24,25)27-8-10(20)7-19/h10-12,19-20H,2-9,16H2,1H3,(H,17,22)(H,24,25)/p-1/t10-,11+,12?/m1/s1. The first-order valence-electron chi connectivity index (χ1n) is 8.90. The monoisotopic (exact) mass is 440 g/mol. The van der Waals surface area contributed by atoms with E-state index in [0.29, 0.717) is 25.8 Å². The van der Waals surface area contributed by atoms with Gasteiger partial charge in [-0.05, 0) is 19.3 Å². The largest absolute Gasteiger partial charge is 0.756 e. The fraction of sp³-hybridized carbons (Fsp3) is 0.800. The second-order valence-electron chi connectivity index (χ2n) is 6.37. The highest BCUT2D eigenvalue weighted by atomic mass is 31.2. The summed E-state index contributed by atoms with van der Waals surface area (Å²) in [6.07, 6.45) is 0.183. The third-order valence-corrected chi connectivity index (χ3v) is 4.96. The van der Waals surface area contributed by atoms with Gasteiger partial charge in [0.1, 0.15) is 24.7 Å². The SMILES string of the molecule is COC(=O)CN1CCCCC(NC(=O)[C@@H](N)COP(=O)([O-])OC[C@H](O)CO)C1=O. The van der Waals surface area contributed by atoms with E-state index in [1.165, 1.54) is 12.0 Å². The van der Waals surface area contributed by atoms with Crippen molar-refractivity contribution in [2.24, 2.45) is 5.73 Å². The number of amides is 2. The summed E-state index contributed by atoms with van der Waals surface area (Å²) in [4.78, 5) is 49.0. The van der Waals surface area contributed by atoms with Crippen molar-refractivity contribution in [2.75, 3.05) is 40.0 Å². The molecule has 13 nitrogen and oxygen atoms in total. The van der Waals surface area contributed by atoms with Crippen LogP contribution in [-0.2, 0) is 32.7 Å². The summed E-state index contributed by atoms with van der Waals surface area (Å²) in [5.74, 6) is -1.88. The van der Waals surface area contributed by atoms with Crippen molar-refractivity contribution < 1.29 is 47.8 Å². The predicted octanol–water partition coefficient (Wildman–Crippen LogP) is -3.16. The Hall–Kier alpha value is -1.60. The van der Waals surface area contributed by atoms with Crippen molar-refractivity contribution >= 4 is 25.6 Å². The summed E-state index contributed by atoms with van der Waals surface area (Å²) in [5, 5.41) is 20.1. The minimum absolute atomic E-state index is 0.243. The molecule has 5 N–H and O–H groups in total. The molecule has 14 heteroatoms. The van der Waals surface area contributed by atoms with Crippen LogP contribution >= 0.6 is 7.82 Å². The van der Waals surface area contributed by atoms with Crippen molar-refractivity contribution in [1.29, 1.82) is 0 Å². The van der Waals surface area contributed by atoms with Gasteiger partial charge in [-0.2, -0.15) is 0 Å². The van der Waals surface area contributed by atoms with Crippen molar-refractivity contribution in [3.63, 3.8) is 0 Å². The van der Waals surface area contributed by atoms with Crippen molar-refractivity contribution in [3.8, 4) is 0 Å². The second-order valence-corrected chi connectivity index (χ2v) is 7.79. The Morgan fingerprint density at radius 1 is 1.38 bits per heavy atom. The van der Waals surface area contributed by atoms with Crippen LogP contribution in [0.1, 0.15) is 19.3 Å². The molecule has 1 saturated heterocycles. The molecular weight excluding hydrogens is 413 g/mol. The number of nitrogens with two attached hydrogens (primary N) is 1. The lowest BCUT2D eigenvalue weighted by molar-refractivity contribution is -0.227. The molecule has 1 heterocycles. The molecule has 168 valence electrons. The lowest BCUT2D eigenvalue weighted by Crippen LogP contribution is -2.53. The third kappa shape index (κ3) is 9.17. The minimum Gasteiger partial charge on any atom is -0.756 e. The Kier molecular flexibility index (Phi) is 10.7. The number of methoxy groups -OCH3 is 1. The summed E-state index contributed by atoms with van der Waals surface area (Å²) < 4.78 is 24.9. The first kappa shape index (κ1) is 25.4. The number of aliphatic hydroxyl groups is 2. The molecule has 4 atom stereocenters. The van der Waals surface area contributed by atoms with Gasteiger partial charge in [-0.3, -0.25) is 18.9 Å². The second kappa shape index (κ2) is 12.2. The van der Waals surface area contributed by atoms with Crippen molar-refractivity contribution in [1.82, 2.24) is 10.2 Å². The van der Waals surface area contributed by atoms with E-state index >= 15 is 0 Å². The number of ether oxygens (including phenoxy) is 1. The van der Waals surface area contributed by atoms with Crippen LogP contribution < -0.4 is 15.9 Å². The summed E-state index contributed by atoms with van der Waals surface area (Å²) in [5.41, 5.74) is 5.60. The van der Waals surface area contributed by atoms with Gasteiger partial charge in [0.05, 0.1) is 26.9 Å². The molecule has 0 saturated carbocycles. The van der Waals surface area contributed by atoms with Crippen LogP contribution in [0.4, 0.5) is 0 Å². The Bertz CT molecular complexity index is 619. The van der Waals surface area contributed by atoms with Crippen LogP contribution in [0.25, 0.3) is 0 Å². The van der Waals surface area contributed by atoms with Gasteiger partial charge >= 0.3 is 5.97 Å². The van der Waals surface area contributed by atoms with E-state index in [4.69, 9.17) is 15.9 Å². The zero-order valence-corrected chi connectivity index (χ0v) is 16.9. The average molecular weight is 440 g/mol. The van der Waals surface area contributed by atoms with E-state index in [-0.39, 0.29) is 6.54 Å². The van der Waals surface area contributed by atoms with Crippen LogP contribution in [0.2, 0.25) is 0 Å². The normalized spacial score (nSPS) is 21.6. The van der Waals surface area contributed by atoms with Gasteiger partial charge in [0.25, 0.3) is 7.82 Å². The number of likely N-dealkylation sites (tertiary alicyclic amines) is 1. The maximum absolute atomic E-state index is 12.5. The van der Waals surface area contributed by atoms with Crippen LogP contribution in [0.3, 0.4) is 0 Å². The van der Waals surface area contributed by atoms with Gasteiger partial charge < -0.3 is 44.8 Å². The summed E-state index contributed by atoms with van der Waals surface area (Å²) in [7, 11) is -3.65. The Balaban J connectivity index is 2.56. The molecule has 1 aliphatic heterocycles. The van der Waals surface area contributed by atoms with Gasteiger partial charge in [0.2, 0.25) is 11.8 Å². The third-order valence-electron chi connectivity index (χ3n) is 4.03. The number of carbonyl (C=O) groups is 3. The molecule has 0 spiro atoms. The number of hydrogen-bond acceptors (Lipinski definition) is 11. The van der Waals surface area contributed by atoms with Gasteiger partial charge in [-0.15, -0.1) is 0 Å². The van der Waals surface area contributed by atoms with E-state index in [1.807, 2.05) is 0 Å². The molecule has 0 radical (unpaired) electrons. The van der Waals surface area contributed by atoms with Crippen LogP contribution in [0.5, 0.6) is 0 Å². The molecule has 2 unspecified atom stereocenters. The molecular formula is C15H27N3O10P-. The summed E-state index contributed by atoms with van der Waals surface area (Å²) in [6, 6.07) is -2.34. The highest BCUT2D eigenvalue weighted by molar-refractivity contribution is 7.45. The maximum Gasteiger partial charge on any atom is 0.325 e. The van der Waals surface area contributed by atoms with E-state index < -0.39 is 63.6 Å². The Labute approximate surface area is 167 Å². The summed E-state index contributed by atoms with van der Waals surface area (Å²) >= 11 is 0. The number of rotatable bonds is 11. The molecule has 1 rings (SSSR count). The minimum atomic E-state index is -4.85. The quantitative estimate of drug-likeness (QED) is 0.187. The zero-order chi connectivity index (χ0) is 22.0. The predicted molar refractivity (Wildman–Crippen MR) is 95.0 cm³/mol. The number of esters is 1. The Morgan fingerprint density at radius 3 is 2.66 bits per heavy atom. The van der Waals surface area contributed by atoms with Gasteiger partial charge in [-0.25, -0.2) is 0 Å². The molecule has 1 fully saturated rings. The number of phosphoric acid groups is 1.